The molecule has 0 aliphatic rings. The first-order chi connectivity index (χ1) is 19.6. The lowest BCUT2D eigenvalue weighted by Gasteiger charge is -2.23. The van der Waals surface area contributed by atoms with Gasteiger partial charge >= 0.3 is 0 Å². The van der Waals surface area contributed by atoms with Gasteiger partial charge in [-0.3, -0.25) is 0 Å². The van der Waals surface area contributed by atoms with Crippen LogP contribution in [0.3, 0.4) is 0 Å². The molecule has 8 nitrogen and oxygen atoms in total. The third-order valence-electron chi connectivity index (χ3n) is 8.29. The molecule has 4 aromatic carbocycles. The first kappa shape index (κ1) is 30.2. The molecule has 0 fully saturated rings. The molecule has 0 heterocycles. The van der Waals surface area contributed by atoms with E-state index >= 15 is 0 Å². The second-order valence-corrected chi connectivity index (χ2v) is 11.4. The topological polar surface area (TPSA) is 162 Å². The molecular weight excluding hydrogens is 536 g/mol. The molecule has 4 aromatic rings. The highest BCUT2D eigenvalue weighted by Crippen LogP contribution is 2.47. The highest BCUT2D eigenvalue weighted by atomic mass is 16.3. The second kappa shape index (κ2) is 11.3. The zero-order chi connectivity index (χ0) is 31.2. The number of hydrogen-bond donors (Lipinski definition) is 8. The summed E-state index contributed by atoms with van der Waals surface area (Å²) in [4.78, 5) is 0. The van der Waals surface area contributed by atoms with Crippen molar-refractivity contribution in [1.29, 1.82) is 0 Å². The Labute approximate surface area is 245 Å². The summed E-state index contributed by atoms with van der Waals surface area (Å²) >= 11 is 0. The van der Waals surface area contributed by atoms with E-state index in [0.717, 1.165) is 0 Å². The molecule has 0 aliphatic carbocycles. The summed E-state index contributed by atoms with van der Waals surface area (Å²) < 4.78 is 0. The fraction of sp³-hybridized carbons (Fsp3) is 0.294. The Bertz CT molecular complexity index is 1660. The third-order valence-corrected chi connectivity index (χ3v) is 8.29. The van der Waals surface area contributed by atoms with E-state index in [-0.39, 0.29) is 51.9 Å². The number of benzene rings is 4. The van der Waals surface area contributed by atoms with Crippen LogP contribution in [0.2, 0.25) is 0 Å². The Morgan fingerprint density at radius 1 is 0.333 bits per heavy atom. The van der Waals surface area contributed by atoms with Crippen molar-refractivity contribution in [2.45, 2.75) is 65.2 Å². The third kappa shape index (κ3) is 5.44. The number of aromatic hydroxyl groups is 8. The number of phenols is 8. The van der Waals surface area contributed by atoms with Crippen molar-refractivity contribution < 1.29 is 40.9 Å². The fourth-order valence-corrected chi connectivity index (χ4v) is 5.59. The van der Waals surface area contributed by atoms with Crippen molar-refractivity contribution in [1.82, 2.24) is 0 Å². The molecule has 8 heteroatoms. The molecular formula is C34H38O8. The van der Waals surface area contributed by atoms with Crippen LogP contribution in [0.15, 0.2) is 48.5 Å². The van der Waals surface area contributed by atoms with Crippen molar-refractivity contribution in [3.05, 3.63) is 93.0 Å². The number of rotatable bonds is 7. The van der Waals surface area contributed by atoms with Gasteiger partial charge < -0.3 is 40.9 Å². The Balaban J connectivity index is 1.80. The van der Waals surface area contributed by atoms with Crippen molar-refractivity contribution in [2.24, 2.45) is 0 Å². The number of hydrogen-bond acceptors (Lipinski definition) is 8. The Kier molecular flexibility index (Phi) is 8.12. The van der Waals surface area contributed by atoms with Gasteiger partial charge in [-0.25, -0.2) is 0 Å². The Morgan fingerprint density at radius 3 is 0.881 bits per heavy atom. The van der Waals surface area contributed by atoms with Crippen LogP contribution in [0.1, 0.15) is 103 Å². The van der Waals surface area contributed by atoms with Crippen LogP contribution >= 0.6 is 0 Å². The molecule has 3 unspecified atom stereocenters. The van der Waals surface area contributed by atoms with Gasteiger partial charge in [-0.1, -0.05) is 34.6 Å². The van der Waals surface area contributed by atoms with Crippen LogP contribution in [0.5, 0.6) is 46.0 Å². The molecule has 8 N–H and O–H groups in total. The van der Waals surface area contributed by atoms with Gasteiger partial charge in [-0.15, -0.1) is 0 Å². The normalized spacial score (nSPS) is 13.7. The molecule has 0 aliphatic heterocycles. The summed E-state index contributed by atoms with van der Waals surface area (Å²) in [6.07, 6.45) is 0. The summed E-state index contributed by atoms with van der Waals surface area (Å²) in [7, 11) is 0. The summed E-state index contributed by atoms with van der Waals surface area (Å²) in [5, 5.41) is 84.6. The minimum absolute atomic E-state index is 0.0120. The van der Waals surface area contributed by atoms with Crippen molar-refractivity contribution >= 4 is 0 Å². The lowest BCUT2D eigenvalue weighted by molar-refractivity contribution is 0.431. The standard InChI is InChI=1S/C34H38O8/c1-15(2)20-8-22(30(38)12-28(20)36)18(5)24-10-26(34(42)14-32(24)40)19(6)25-9-23(31(39)13-33(25)41)17(4)21-7-16(3)27(35)11-29(21)37/h7-15,17-19,35-42H,1-6H3. The fourth-order valence-electron chi connectivity index (χ4n) is 5.59. The van der Waals surface area contributed by atoms with E-state index < -0.39 is 17.8 Å². The van der Waals surface area contributed by atoms with E-state index in [0.29, 0.717) is 44.5 Å². The van der Waals surface area contributed by atoms with Gasteiger partial charge in [0, 0.05) is 75.4 Å². The summed E-state index contributed by atoms with van der Waals surface area (Å²) in [6.45, 7) is 10.9. The van der Waals surface area contributed by atoms with Gasteiger partial charge in [0.15, 0.2) is 0 Å². The minimum Gasteiger partial charge on any atom is -0.508 e. The molecule has 0 saturated carbocycles. The van der Waals surface area contributed by atoms with Crippen LogP contribution in [0.25, 0.3) is 0 Å². The van der Waals surface area contributed by atoms with Crippen LogP contribution in [-0.2, 0) is 0 Å². The number of phenolic OH excluding ortho intramolecular Hbond substituents is 8. The molecule has 0 radical (unpaired) electrons. The van der Waals surface area contributed by atoms with Crippen molar-refractivity contribution in [3.8, 4) is 46.0 Å². The molecule has 3 atom stereocenters. The molecule has 222 valence electrons. The number of aryl methyl sites for hydroxylation is 1. The minimum atomic E-state index is -0.613. The molecule has 0 aromatic heterocycles. The Morgan fingerprint density at radius 2 is 0.571 bits per heavy atom. The van der Waals surface area contributed by atoms with Crippen molar-refractivity contribution in [2.75, 3.05) is 0 Å². The predicted octanol–water partition coefficient (Wildman–Crippen LogP) is 7.22. The molecule has 0 spiro atoms. The summed E-state index contributed by atoms with van der Waals surface area (Å²) in [6, 6.07) is 11.5. The lowest BCUT2D eigenvalue weighted by Crippen LogP contribution is -2.05. The average Bonchev–Trinajstić information content (AvgIpc) is 2.89. The lowest BCUT2D eigenvalue weighted by atomic mass is 9.83. The van der Waals surface area contributed by atoms with E-state index in [1.807, 2.05) is 13.8 Å². The highest BCUT2D eigenvalue weighted by Gasteiger charge is 2.26. The maximum Gasteiger partial charge on any atom is 0.123 e. The quantitative estimate of drug-likeness (QED) is 0.115. The van der Waals surface area contributed by atoms with Gasteiger partial charge in [-0.2, -0.15) is 0 Å². The van der Waals surface area contributed by atoms with Gasteiger partial charge in [-0.05, 0) is 48.2 Å². The van der Waals surface area contributed by atoms with Gasteiger partial charge in [0.05, 0.1) is 0 Å². The molecule has 4 rings (SSSR count). The highest BCUT2D eigenvalue weighted by molar-refractivity contribution is 5.59. The van der Waals surface area contributed by atoms with E-state index in [9.17, 15) is 40.9 Å². The largest absolute Gasteiger partial charge is 0.508 e. The monoisotopic (exact) mass is 574 g/mol. The second-order valence-electron chi connectivity index (χ2n) is 11.4. The molecule has 42 heavy (non-hydrogen) atoms. The first-order valence-corrected chi connectivity index (χ1v) is 13.8. The van der Waals surface area contributed by atoms with Crippen molar-refractivity contribution in [3.63, 3.8) is 0 Å². The van der Waals surface area contributed by atoms with Crippen LogP contribution < -0.4 is 0 Å². The molecule has 0 amide bonds. The average molecular weight is 575 g/mol. The van der Waals surface area contributed by atoms with Gasteiger partial charge in [0.1, 0.15) is 46.0 Å². The smallest absolute Gasteiger partial charge is 0.123 e. The van der Waals surface area contributed by atoms with Crippen LogP contribution in [0.4, 0.5) is 0 Å². The van der Waals surface area contributed by atoms with Gasteiger partial charge in [0.25, 0.3) is 0 Å². The van der Waals surface area contributed by atoms with Crippen LogP contribution in [0, 0.1) is 6.92 Å². The zero-order valence-electron chi connectivity index (χ0n) is 24.5. The molecule has 0 saturated heterocycles. The molecule has 0 bridgehead atoms. The summed E-state index contributed by atoms with van der Waals surface area (Å²) in [5.74, 6) is -2.80. The SMILES string of the molecule is Cc1cc(C(C)c2cc(C(C)c3cc(C(C)c4cc(C(C)C)c(O)cc4O)c(O)cc3O)c(O)cc2O)c(O)cc1O. The summed E-state index contributed by atoms with van der Waals surface area (Å²) in [5.41, 5.74) is 3.77. The van der Waals surface area contributed by atoms with E-state index in [2.05, 4.69) is 0 Å². The Hall–Kier alpha value is -4.72. The van der Waals surface area contributed by atoms with Gasteiger partial charge in [0.2, 0.25) is 0 Å². The van der Waals surface area contributed by atoms with E-state index in [4.69, 9.17) is 0 Å². The first-order valence-electron chi connectivity index (χ1n) is 13.8. The van der Waals surface area contributed by atoms with Crippen LogP contribution in [-0.4, -0.2) is 40.9 Å². The van der Waals surface area contributed by atoms with E-state index in [1.54, 1.807) is 52.0 Å². The zero-order valence-corrected chi connectivity index (χ0v) is 24.5. The van der Waals surface area contributed by atoms with E-state index in [1.165, 1.54) is 24.3 Å². The predicted molar refractivity (Wildman–Crippen MR) is 160 cm³/mol. The maximum atomic E-state index is 10.9. The maximum absolute atomic E-state index is 10.9.